The number of amides is 1. The maximum atomic E-state index is 12.1. The molecule has 0 radical (unpaired) electrons. The van der Waals surface area contributed by atoms with Crippen LogP contribution in [0.5, 0.6) is 5.75 Å². The highest BCUT2D eigenvalue weighted by Gasteiger charge is 2.30. The number of rotatable bonds is 6. The maximum Gasteiger partial charge on any atom is 0.246 e. The number of aromatic nitrogens is 5. The van der Waals surface area contributed by atoms with Gasteiger partial charge in [-0.3, -0.25) is 9.78 Å². The van der Waals surface area contributed by atoms with E-state index in [4.69, 9.17) is 27.2 Å². The van der Waals surface area contributed by atoms with Gasteiger partial charge in [0, 0.05) is 24.8 Å². The molecule has 1 fully saturated rings. The lowest BCUT2D eigenvalue weighted by atomic mass is 10.1. The van der Waals surface area contributed by atoms with Gasteiger partial charge < -0.3 is 15.4 Å². The number of nitrogens with two attached hydrogens (primary N) is 1. The van der Waals surface area contributed by atoms with Crippen LogP contribution in [0.4, 0.5) is 5.82 Å². The van der Waals surface area contributed by atoms with Crippen LogP contribution in [0.1, 0.15) is 18.2 Å². The highest BCUT2D eigenvalue weighted by Crippen LogP contribution is 2.37. The summed E-state index contributed by atoms with van der Waals surface area (Å²) in [7, 11) is 0. The monoisotopic (exact) mass is 475 g/mol. The standard InChI is InChI=1S/C24H22ClN7O2/c1-2-20(33)31-10-8-17(12-31)32-24-21(23(26)28-14-29-24)22(30-32)15-6-7-19(18(25)11-15)34-13-16-5-3-4-9-27-16/h2-7,9,11,14,17H,1,8,10,12-13H2,(H2,26,28,29). The van der Waals surface area contributed by atoms with Gasteiger partial charge in [-0.1, -0.05) is 24.2 Å². The number of anilines is 1. The number of nitrogen functional groups attached to an aromatic ring is 1. The molecule has 1 unspecified atom stereocenters. The van der Waals surface area contributed by atoms with Crippen LogP contribution >= 0.6 is 11.6 Å². The molecule has 2 N–H and O–H groups in total. The SMILES string of the molecule is C=CC(=O)N1CCC(n2nc(-c3ccc(OCc4ccccn4)c(Cl)c3)c3c(N)ncnc32)C1. The number of carbonyl (C=O) groups is 1. The molecule has 1 saturated heterocycles. The van der Waals surface area contributed by atoms with Crippen LogP contribution < -0.4 is 10.5 Å². The Morgan fingerprint density at radius 1 is 1.26 bits per heavy atom. The fourth-order valence-electron chi connectivity index (χ4n) is 4.12. The third-order valence-electron chi connectivity index (χ3n) is 5.82. The van der Waals surface area contributed by atoms with E-state index in [1.807, 2.05) is 28.9 Å². The number of benzene rings is 1. The number of halogens is 1. The van der Waals surface area contributed by atoms with Crippen molar-refractivity contribution >= 4 is 34.4 Å². The summed E-state index contributed by atoms with van der Waals surface area (Å²) in [6.07, 6.45) is 5.21. The summed E-state index contributed by atoms with van der Waals surface area (Å²) in [5, 5.41) is 5.93. The van der Waals surface area contributed by atoms with E-state index in [0.717, 1.165) is 17.7 Å². The molecular formula is C24H22ClN7O2. The van der Waals surface area contributed by atoms with Crippen molar-refractivity contribution < 1.29 is 9.53 Å². The van der Waals surface area contributed by atoms with Gasteiger partial charge in [-0.05, 0) is 42.8 Å². The summed E-state index contributed by atoms with van der Waals surface area (Å²) in [6.45, 7) is 5.03. The molecule has 0 spiro atoms. The number of hydrogen-bond donors (Lipinski definition) is 1. The van der Waals surface area contributed by atoms with E-state index in [0.29, 0.717) is 53.0 Å². The summed E-state index contributed by atoms with van der Waals surface area (Å²) < 4.78 is 7.67. The Morgan fingerprint density at radius 3 is 2.91 bits per heavy atom. The number of ether oxygens (including phenoxy) is 1. The van der Waals surface area contributed by atoms with Crippen LogP contribution in [0.25, 0.3) is 22.3 Å². The Bertz CT molecular complexity index is 1370. The van der Waals surface area contributed by atoms with E-state index >= 15 is 0 Å². The Morgan fingerprint density at radius 2 is 2.15 bits per heavy atom. The largest absolute Gasteiger partial charge is 0.486 e. The second kappa shape index (κ2) is 9.11. The number of hydrogen-bond acceptors (Lipinski definition) is 7. The Hall–Kier alpha value is -3.98. The molecule has 4 heterocycles. The van der Waals surface area contributed by atoms with Crippen molar-refractivity contribution in [1.29, 1.82) is 0 Å². The van der Waals surface area contributed by atoms with Crippen LogP contribution in [-0.2, 0) is 11.4 Å². The van der Waals surface area contributed by atoms with Crippen LogP contribution in [-0.4, -0.2) is 48.6 Å². The quantitative estimate of drug-likeness (QED) is 0.423. The van der Waals surface area contributed by atoms with Crippen LogP contribution in [0.15, 0.2) is 61.6 Å². The Kier molecular flexibility index (Phi) is 5.85. The summed E-state index contributed by atoms with van der Waals surface area (Å²) in [5.41, 5.74) is 9.04. The molecule has 4 aromatic rings. The second-order valence-corrected chi connectivity index (χ2v) is 8.34. The van der Waals surface area contributed by atoms with Crippen LogP contribution in [0.3, 0.4) is 0 Å². The molecule has 1 amide bonds. The lowest BCUT2D eigenvalue weighted by Gasteiger charge is -2.14. The van der Waals surface area contributed by atoms with Gasteiger partial charge in [0.1, 0.15) is 30.2 Å². The third-order valence-corrected chi connectivity index (χ3v) is 6.12. The van der Waals surface area contributed by atoms with Gasteiger partial charge in [0.25, 0.3) is 0 Å². The molecule has 0 aliphatic carbocycles. The van der Waals surface area contributed by atoms with Crippen molar-refractivity contribution in [2.45, 2.75) is 19.1 Å². The summed E-state index contributed by atoms with van der Waals surface area (Å²) in [4.78, 5) is 26.7. The number of pyridine rings is 1. The van der Waals surface area contributed by atoms with Crippen molar-refractivity contribution in [1.82, 2.24) is 29.6 Å². The van der Waals surface area contributed by atoms with E-state index in [9.17, 15) is 4.79 Å². The van der Waals surface area contributed by atoms with E-state index in [1.54, 1.807) is 23.2 Å². The Labute approximate surface area is 200 Å². The van der Waals surface area contributed by atoms with E-state index in [2.05, 4.69) is 21.5 Å². The smallest absolute Gasteiger partial charge is 0.246 e. The zero-order valence-electron chi connectivity index (χ0n) is 18.3. The number of fused-ring (bicyclic) bond motifs is 1. The van der Waals surface area contributed by atoms with E-state index in [-0.39, 0.29) is 11.9 Å². The molecular weight excluding hydrogens is 454 g/mol. The van der Waals surface area contributed by atoms with Gasteiger partial charge >= 0.3 is 0 Å². The minimum absolute atomic E-state index is 0.0362. The zero-order valence-corrected chi connectivity index (χ0v) is 19.0. The maximum absolute atomic E-state index is 12.1. The average Bonchev–Trinajstić information content (AvgIpc) is 3.49. The first kappa shape index (κ1) is 21.8. The summed E-state index contributed by atoms with van der Waals surface area (Å²) in [5.74, 6) is 0.773. The van der Waals surface area contributed by atoms with Gasteiger partial charge in [-0.25, -0.2) is 14.6 Å². The summed E-state index contributed by atoms with van der Waals surface area (Å²) in [6, 6.07) is 11.1. The normalized spacial score (nSPS) is 15.6. The van der Waals surface area contributed by atoms with E-state index < -0.39 is 0 Å². The molecule has 172 valence electrons. The third kappa shape index (κ3) is 4.06. The average molecular weight is 476 g/mol. The number of carbonyl (C=O) groups excluding carboxylic acids is 1. The fourth-order valence-corrected chi connectivity index (χ4v) is 4.36. The van der Waals surface area contributed by atoms with Gasteiger partial charge in [-0.15, -0.1) is 0 Å². The first-order valence-corrected chi connectivity index (χ1v) is 11.2. The molecule has 0 bridgehead atoms. The Balaban J connectivity index is 1.47. The molecule has 1 aliphatic rings. The van der Waals surface area contributed by atoms with Gasteiger partial charge in [-0.2, -0.15) is 5.10 Å². The van der Waals surface area contributed by atoms with Crippen LogP contribution in [0.2, 0.25) is 5.02 Å². The molecule has 1 aliphatic heterocycles. The first-order chi connectivity index (χ1) is 16.5. The fraction of sp³-hybridized carbons (Fsp3) is 0.208. The predicted octanol–water partition coefficient (Wildman–Crippen LogP) is 3.66. The minimum atomic E-state index is -0.0959. The highest BCUT2D eigenvalue weighted by atomic mass is 35.5. The topological polar surface area (TPSA) is 112 Å². The van der Waals surface area contributed by atoms with Crippen molar-refractivity contribution in [3.63, 3.8) is 0 Å². The molecule has 1 atom stereocenters. The molecule has 34 heavy (non-hydrogen) atoms. The molecule has 1 aromatic carbocycles. The number of likely N-dealkylation sites (tertiary alicyclic amines) is 1. The summed E-state index contributed by atoms with van der Waals surface area (Å²) >= 11 is 6.54. The molecule has 10 heteroatoms. The highest BCUT2D eigenvalue weighted by molar-refractivity contribution is 6.32. The van der Waals surface area contributed by atoms with Gasteiger partial charge in [0.15, 0.2) is 5.65 Å². The molecule has 3 aromatic heterocycles. The molecule has 0 saturated carbocycles. The lowest BCUT2D eigenvalue weighted by Crippen LogP contribution is -2.27. The van der Waals surface area contributed by atoms with Crippen molar-refractivity contribution in [3.8, 4) is 17.0 Å². The van der Waals surface area contributed by atoms with Gasteiger partial charge in [0.05, 0.1) is 22.1 Å². The van der Waals surface area contributed by atoms with Crippen LogP contribution in [0, 0.1) is 0 Å². The van der Waals surface area contributed by atoms with E-state index in [1.165, 1.54) is 12.4 Å². The minimum Gasteiger partial charge on any atom is -0.486 e. The van der Waals surface area contributed by atoms with Crippen molar-refractivity contribution in [3.05, 3.63) is 72.3 Å². The molecule has 9 nitrogen and oxygen atoms in total. The lowest BCUT2D eigenvalue weighted by molar-refractivity contribution is -0.125. The second-order valence-electron chi connectivity index (χ2n) is 7.94. The molecule has 5 rings (SSSR count). The first-order valence-electron chi connectivity index (χ1n) is 10.8. The number of nitrogens with zero attached hydrogens (tertiary/aromatic N) is 6. The van der Waals surface area contributed by atoms with Crippen molar-refractivity contribution in [2.24, 2.45) is 0 Å². The zero-order chi connectivity index (χ0) is 23.7. The van der Waals surface area contributed by atoms with Gasteiger partial charge in [0.2, 0.25) is 5.91 Å². The van der Waals surface area contributed by atoms with Crippen molar-refractivity contribution in [2.75, 3.05) is 18.8 Å². The predicted molar refractivity (Wildman–Crippen MR) is 129 cm³/mol.